The highest BCUT2D eigenvalue weighted by Crippen LogP contribution is 2.02. The van der Waals surface area contributed by atoms with Crippen LogP contribution >= 0.6 is 12.6 Å². The van der Waals surface area contributed by atoms with Crippen molar-refractivity contribution in [1.82, 2.24) is 0 Å². The van der Waals surface area contributed by atoms with E-state index >= 15 is 0 Å². The molecular formula is C7H9FS. The third-order valence-corrected chi connectivity index (χ3v) is 1.02. The van der Waals surface area contributed by atoms with Crippen molar-refractivity contribution in [3.05, 3.63) is 35.5 Å². The van der Waals surface area contributed by atoms with Gasteiger partial charge in [0.05, 0.1) is 5.83 Å². The Bertz CT molecular complexity index is 152. The van der Waals surface area contributed by atoms with Gasteiger partial charge < -0.3 is 0 Å². The number of hydrogen-bond donors (Lipinski definition) is 1. The van der Waals surface area contributed by atoms with Gasteiger partial charge in [-0.1, -0.05) is 12.7 Å². The maximum absolute atomic E-state index is 11.9. The number of halogens is 1. The molecule has 0 atom stereocenters. The molecule has 0 fully saturated rings. The molecule has 0 aromatic carbocycles. The summed E-state index contributed by atoms with van der Waals surface area (Å²) in [4.78, 5) is 0.659. The Kier molecular flexibility index (Phi) is 4.14. The van der Waals surface area contributed by atoms with E-state index in [1.807, 2.05) is 0 Å². The van der Waals surface area contributed by atoms with E-state index in [-0.39, 0.29) is 5.83 Å². The molecule has 0 aromatic rings. The molecule has 0 saturated heterocycles. The molecule has 0 heterocycles. The Hall–Kier alpha value is -0.500. The topological polar surface area (TPSA) is 0 Å². The van der Waals surface area contributed by atoms with E-state index in [9.17, 15) is 4.39 Å². The summed E-state index contributed by atoms with van der Waals surface area (Å²) >= 11 is 3.94. The summed E-state index contributed by atoms with van der Waals surface area (Å²) in [6.07, 6.45) is 4.43. The van der Waals surface area contributed by atoms with Crippen molar-refractivity contribution in [2.45, 2.75) is 6.92 Å². The van der Waals surface area contributed by atoms with E-state index in [0.717, 1.165) is 0 Å². The summed E-state index contributed by atoms with van der Waals surface area (Å²) in [7, 11) is 0. The van der Waals surface area contributed by atoms with E-state index in [2.05, 4.69) is 19.2 Å². The van der Waals surface area contributed by atoms with Crippen LogP contribution in [-0.4, -0.2) is 0 Å². The molecule has 0 spiro atoms. The average molecular weight is 144 g/mol. The minimum absolute atomic E-state index is 0.233. The van der Waals surface area contributed by atoms with Crippen molar-refractivity contribution in [1.29, 1.82) is 0 Å². The van der Waals surface area contributed by atoms with Crippen LogP contribution in [-0.2, 0) is 0 Å². The molecule has 0 rings (SSSR count). The first-order chi connectivity index (χ1) is 4.16. The molecule has 50 valence electrons. The summed E-state index contributed by atoms with van der Waals surface area (Å²) in [5.41, 5.74) is 0. The van der Waals surface area contributed by atoms with Gasteiger partial charge in [-0.2, -0.15) is 0 Å². The van der Waals surface area contributed by atoms with Crippen LogP contribution in [0.15, 0.2) is 35.5 Å². The van der Waals surface area contributed by atoms with Gasteiger partial charge in [0.15, 0.2) is 0 Å². The Morgan fingerprint density at radius 3 is 2.44 bits per heavy atom. The van der Waals surface area contributed by atoms with E-state index in [0.29, 0.717) is 4.91 Å². The number of thiol groups is 1. The third kappa shape index (κ3) is 5.37. The molecule has 0 unspecified atom stereocenters. The van der Waals surface area contributed by atoms with Gasteiger partial charge in [-0.3, -0.25) is 0 Å². The zero-order chi connectivity index (χ0) is 7.28. The lowest BCUT2D eigenvalue weighted by Crippen LogP contribution is -1.60. The Balaban J connectivity index is 3.98. The van der Waals surface area contributed by atoms with Crippen LogP contribution in [0.5, 0.6) is 0 Å². The summed E-state index contributed by atoms with van der Waals surface area (Å²) in [6, 6.07) is 0. The monoisotopic (exact) mass is 144 g/mol. The van der Waals surface area contributed by atoms with Gasteiger partial charge in [0.2, 0.25) is 0 Å². The van der Waals surface area contributed by atoms with Gasteiger partial charge in [-0.05, 0) is 19.1 Å². The van der Waals surface area contributed by atoms with Gasteiger partial charge in [0.1, 0.15) is 0 Å². The largest absolute Gasteiger partial charge is 0.212 e. The second-order valence-electron chi connectivity index (χ2n) is 1.55. The number of rotatable bonds is 2. The predicted octanol–water partition coefficient (Wildman–Crippen LogP) is 2.86. The minimum Gasteiger partial charge on any atom is -0.212 e. The van der Waals surface area contributed by atoms with Crippen molar-refractivity contribution in [2.24, 2.45) is 0 Å². The predicted molar refractivity (Wildman–Crippen MR) is 42.1 cm³/mol. The lowest BCUT2D eigenvalue weighted by molar-refractivity contribution is 0.640. The van der Waals surface area contributed by atoms with Crippen LogP contribution in [0.3, 0.4) is 0 Å². The van der Waals surface area contributed by atoms with Gasteiger partial charge in [-0.15, -0.1) is 12.6 Å². The smallest absolute Gasteiger partial charge is 0.0969 e. The molecule has 0 aliphatic rings. The summed E-state index contributed by atoms with van der Waals surface area (Å²) in [5, 5.41) is 0. The maximum atomic E-state index is 11.9. The fourth-order valence-corrected chi connectivity index (χ4v) is 0.343. The molecule has 2 heteroatoms. The van der Waals surface area contributed by atoms with Crippen molar-refractivity contribution >= 4 is 12.6 Å². The van der Waals surface area contributed by atoms with E-state index in [1.165, 1.54) is 13.0 Å². The average Bonchev–Trinajstić information content (AvgIpc) is 1.83. The summed E-state index contributed by atoms with van der Waals surface area (Å²) in [6.45, 7) is 4.82. The molecule has 0 aliphatic heterocycles. The zero-order valence-electron chi connectivity index (χ0n) is 5.26. The molecule has 0 radical (unpaired) electrons. The first-order valence-electron chi connectivity index (χ1n) is 2.52. The Morgan fingerprint density at radius 1 is 1.56 bits per heavy atom. The molecule has 0 amide bonds. The molecule has 0 saturated carbocycles. The highest BCUT2D eigenvalue weighted by Gasteiger charge is 1.78. The van der Waals surface area contributed by atoms with Gasteiger partial charge in [0, 0.05) is 4.91 Å². The van der Waals surface area contributed by atoms with Crippen LogP contribution in [0.2, 0.25) is 0 Å². The van der Waals surface area contributed by atoms with Gasteiger partial charge in [0.25, 0.3) is 0 Å². The first-order valence-corrected chi connectivity index (χ1v) is 2.97. The maximum Gasteiger partial charge on any atom is 0.0969 e. The van der Waals surface area contributed by atoms with Crippen LogP contribution < -0.4 is 0 Å². The summed E-state index contributed by atoms with van der Waals surface area (Å²) < 4.78 is 11.9. The van der Waals surface area contributed by atoms with E-state index < -0.39 is 0 Å². The lowest BCUT2D eigenvalue weighted by atomic mass is 10.4. The SMILES string of the molecule is C=C/C(S)=C\C=C(/C)F. The molecule has 0 N–H and O–H groups in total. The number of hydrogen-bond acceptors (Lipinski definition) is 1. The second kappa shape index (κ2) is 4.39. The van der Waals surface area contributed by atoms with Gasteiger partial charge in [-0.25, -0.2) is 4.39 Å². The van der Waals surface area contributed by atoms with Crippen molar-refractivity contribution < 1.29 is 4.39 Å². The second-order valence-corrected chi connectivity index (χ2v) is 2.07. The summed E-state index contributed by atoms with van der Waals surface area (Å²) in [5.74, 6) is -0.233. The normalized spacial score (nSPS) is 13.7. The number of allylic oxidation sites excluding steroid dienone is 4. The zero-order valence-corrected chi connectivity index (χ0v) is 6.16. The Morgan fingerprint density at radius 2 is 2.11 bits per heavy atom. The molecule has 0 aliphatic carbocycles. The van der Waals surface area contributed by atoms with Crippen molar-refractivity contribution in [3.63, 3.8) is 0 Å². The van der Waals surface area contributed by atoms with Crippen LogP contribution in [0, 0.1) is 0 Å². The van der Waals surface area contributed by atoms with Crippen molar-refractivity contribution in [2.75, 3.05) is 0 Å². The van der Waals surface area contributed by atoms with Crippen molar-refractivity contribution in [3.8, 4) is 0 Å². The molecule has 0 bridgehead atoms. The van der Waals surface area contributed by atoms with Crippen LogP contribution in [0.4, 0.5) is 4.39 Å². The quantitative estimate of drug-likeness (QED) is 0.447. The highest BCUT2D eigenvalue weighted by molar-refractivity contribution is 7.84. The third-order valence-electron chi connectivity index (χ3n) is 0.693. The fraction of sp³-hybridized carbons (Fsp3) is 0.143. The molecule has 0 aromatic heterocycles. The lowest BCUT2D eigenvalue weighted by Gasteiger charge is -1.82. The van der Waals surface area contributed by atoms with Crippen LogP contribution in [0.25, 0.3) is 0 Å². The van der Waals surface area contributed by atoms with Gasteiger partial charge >= 0.3 is 0 Å². The molecule has 0 nitrogen and oxygen atoms in total. The highest BCUT2D eigenvalue weighted by atomic mass is 32.1. The van der Waals surface area contributed by atoms with Crippen LogP contribution in [0.1, 0.15) is 6.92 Å². The van der Waals surface area contributed by atoms with E-state index in [4.69, 9.17) is 0 Å². The van der Waals surface area contributed by atoms with E-state index in [1.54, 1.807) is 12.2 Å². The molecular weight excluding hydrogens is 135 g/mol. The fourth-order valence-electron chi connectivity index (χ4n) is 0.268. The Labute approximate surface area is 60.2 Å². The standard InChI is InChI=1S/C7H9FS/c1-3-7(9)5-4-6(2)8/h3-5,9H,1H2,2H3/b6-4+,7-5+. The minimum atomic E-state index is -0.233. The molecule has 9 heavy (non-hydrogen) atoms. The first kappa shape index (κ1) is 8.50.